The number of hydrogen-bond donors (Lipinski definition) is 1. The lowest BCUT2D eigenvalue weighted by Crippen LogP contribution is -2.40. The van der Waals surface area contributed by atoms with Crippen molar-refractivity contribution < 1.29 is 4.79 Å². The molecule has 0 radical (unpaired) electrons. The van der Waals surface area contributed by atoms with Gasteiger partial charge in [0.25, 0.3) is 0 Å². The van der Waals surface area contributed by atoms with Gasteiger partial charge in [-0.25, -0.2) is 0 Å². The Kier molecular flexibility index (Phi) is 2.99. The monoisotopic (exact) mass is 183 g/mol. The second-order valence-corrected chi connectivity index (χ2v) is 5.07. The Morgan fingerprint density at radius 2 is 2.08 bits per heavy atom. The molecule has 0 atom stereocenters. The molecule has 0 unspecified atom stereocenters. The van der Waals surface area contributed by atoms with E-state index < -0.39 is 0 Å². The lowest BCUT2D eigenvalue weighted by atomic mass is 9.58. The number of hydrogen-bond acceptors (Lipinski definition) is 1. The lowest BCUT2D eigenvalue weighted by Gasteiger charge is -2.47. The van der Waals surface area contributed by atoms with Crippen molar-refractivity contribution in [3.8, 4) is 0 Å². The summed E-state index contributed by atoms with van der Waals surface area (Å²) in [5.74, 6) is 1.80. The zero-order valence-electron chi connectivity index (χ0n) is 9.18. The molecule has 0 heterocycles. The normalized spacial score (nSPS) is 32.8. The predicted octanol–water partition coefficient (Wildman–Crippen LogP) is 2.19. The van der Waals surface area contributed by atoms with E-state index in [9.17, 15) is 4.79 Å². The smallest absolute Gasteiger partial charge is 0.220 e. The van der Waals surface area contributed by atoms with Gasteiger partial charge in [-0.2, -0.15) is 0 Å². The lowest BCUT2D eigenvalue weighted by molar-refractivity contribution is -0.125. The first-order valence-corrected chi connectivity index (χ1v) is 5.17. The highest BCUT2D eigenvalue weighted by Crippen LogP contribution is 2.50. The minimum absolute atomic E-state index is 0.185. The van der Waals surface area contributed by atoms with E-state index in [0.29, 0.717) is 6.42 Å². The van der Waals surface area contributed by atoms with Gasteiger partial charge < -0.3 is 5.32 Å². The van der Waals surface area contributed by atoms with Gasteiger partial charge >= 0.3 is 0 Å². The topological polar surface area (TPSA) is 29.1 Å². The molecule has 0 aromatic heterocycles. The van der Waals surface area contributed by atoms with Crippen molar-refractivity contribution in [2.45, 2.75) is 40.0 Å². The van der Waals surface area contributed by atoms with Gasteiger partial charge in [-0.15, -0.1) is 0 Å². The van der Waals surface area contributed by atoms with Crippen molar-refractivity contribution in [1.82, 2.24) is 5.32 Å². The summed E-state index contributed by atoms with van der Waals surface area (Å²) in [7, 11) is 1.71. The van der Waals surface area contributed by atoms with Crippen LogP contribution in [0.15, 0.2) is 0 Å². The number of amides is 1. The van der Waals surface area contributed by atoms with Crippen LogP contribution in [0.25, 0.3) is 0 Å². The van der Waals surface area contributed by atoms with E-state index in [1.807, 2.05) is 0 Å². The Balaban J connectivity index is 2.33. The molecule has 1 aliphatic rings. The maximum Gasteiger partial charge on any atom is 0.220 e. The summed E-state index contributed by atoms with van der Waals surface area (Å²) in [5, 5.41) is 2.69. The largest absolute Gasteiger partial charge is 0.359 e. The quantitative estimate of drug-likeness (QED) is 0.714. The molecule has 1 fully saturated rings. The fraction of sp³-hybridized carbons (Fsp3) is 0.909. The summed E-state index contributed by atoms with van der Waals surface area (Å²) in [5.41, 5.74) is 0.287. The maximum absolute atomic E-state index is 11.2. The first kappa shape index (κ1) is 10.6. The molecule has 1 rings (SSSR count). The van der Waals surface area contributed by atoms with Crippen LogP contribution < -0.4 is 5.32 Å². The van der Waals surface area contributed by atoms with E-state index in [4.69, 9.17) is 0 Å². The number of rotatable bonds is 3. The molecule has 0 bridgehead atoms. The molecule has 0 aliphatic heterocycles. The SMILES string of the molecule is CNC(=O)CC1(C)CC(C(C)C)C1. The van der Waals surface area contributed by atoms with Crippen molar-refractivity contribution in [1.29, 1.82) is 0 Å². The van der Waals surface area contributed by atoms with Gasteiger partial charge in [0, 0.05) is 13.5 Å². The third-order valence-corrected chi connectivity index (χ3v) is 3.32. The van der Waals surface area contributed by atoms with E-state index in [2.05, 4.69) is 26.1 Å². The molecule has 0 aromatic rings. The molecule has 1 amide bonds. The highest BCUT2D eigenvalue weighted by atomic mass is 16.1. The van der Waals surface area contributed by atoms with Crippen LogP contribution >= 0.6 is 0 Å². The van der Waals surface area contributed by atoms with Gasteiger partial charge in [0.15, 0.2) is 0 Å². The minimum atomic E-state index is 0.185. The summed E-state index contributed by atoms with van der Waals surface area (Å²) in [6.07, 6.45) is 3.14. The van der Waals surface area contributed by atoms with Crippen molar-refractivity contribution >= 4 is 5.91 Å². The van der Waals surface area contributed by atoms with E-state index in [-0.39, 0.29) is 11.3 Å². The standard InChI is InChI=1S/C11H21NO/c1-8(2)9-5-11(3,6-9)7-10(13)12-4/h8-9H,5-7H2,1-4H3,(H,12,13). The molecular formula is C11H21NO. The van der Waals surface area contributed by atoms with Crippen LogP contribution in [0.1, 0.15) is 40.0 Å². The minimum Gasteiger partial charge on any atom is -0.359 e. The van der Waals surface area contributed by atoms with Gasteiger partial charge in [-0.1, -0.05) is 20.8 Å². The van der Waals surface area contributed by atoms with Gasteiger partial charge in [0.1, 0.15) is 0 Å². The third-order valence-electron chi connectivity index (χ3n) is 3.32. The number of carbonyl (C=O) groups is 1. The zero-order valence-corrected chi connectivity index (χ0v) is 9.18. The Hall–Kier alpha value is -0.530. The molecule has 1 N–H and O–H groups in total. The Bertz CT molecular complexity index is 192. The first-order chi connectivity index (χ1) is 5.97. The highest BCUT2D eigenvalue weighted by Gasteiger charge is 2.42. The molecule has 0 spiro atoms. The second-order valence-electron chi connectivity index (χ2n) is 5.07. The van der Waals surface area contributed by atoms with E-state index in [1.165, 1.54) is 12.8 Å². The average Bonchev–Trinajstić information content (AvgIpc) is 1.99. The Morgan fingerprint density at radius 1 is 1.54 bits per heavy atom. The molecule has 13 heavy (non-hydrogen) atoms. The summed E-state index contributed by atoms with van der Waals surface area (Å²) in [6, 6.07) is 0. The fourth-order valence-electron chi connectivity index (χ4n) is 2.30. The van der Waals surface area contributed by atoms with Crippen LogP contribution in [0, 0.1) is 17.3 Å². The highest BCUT2D eigenvalue weighted by molar-refractivity contribution is 5.76. The predicted molar refractivity (Wildman–Crippen MR) is 54.4 cm³/mol. The van der Waals surface area contributed by atoms with E-state index in [0.717, 1.165) is 11.8 Å². The Labute approximate surface area is 81.1 Å². The van der Waals surface area contributed by atoms with E-state index in [1.54, 1.807) is 7.05 Å². The summed E-state index contributed by atoms with van der Waals surface area (Å²) in [4.78, 5) is 11.2. The van der Waals surface area contributed by atoms with Crippen LogP contribution in [0.2, 0.25) is 0 Å². The Morgan fingerprint density at radius 3 is 2.46 bits per heavy atom. The second kappa shape index (κ2) is 3.69. The van der Waals surface area contributed by atoms with Crippen LogP contribution in [-0.2, 0) is 4.79 Å². The number of carbonyl (C=O) groups excluding carboxylic acids is 1. The molecule has 0 saturated heterocycles. The van der Waals surface area contributed by atoms with Gasteiger partial charge in [0.05, 0.1) is 0 Å². The first-order valence-electron chi connectivity index (χ1n) is 5.17. The fourth-order valence-corrected chi connectivity index (χ4v) is 2.30. The van der Waals surface area contributed by atoms with Gasteiger partial charge in [-0.05, 0) is 30.1 Å². The van der Waals surface area contributed by atoms with Gasteiger partial charge in [0.2, 0.25) is 5.91 Å². The van der Waals surface area contributed by atoms with Crippen molar-refractivity contribution in [3.05, 3.63) is 0 Å². The molecule has 2 heteroatoms. The van der Waals surface area contributed by atoms with Crippen LogP contribution in [0.4, 0.5) is 0 Å². The molecule has 76 valence electrons. The summed E-state index contributed by atoms with van der Waals surface area (Å²) < 4.78 is 0. The molecule has 0 aromatic carbocycles. The molecule has 1 aliphatic carbocycles. The molecule has 1 saturated carbocycles. The van der Waals surface area contributed by atoms with Crippen LogP contribution in [-0.4, -0.2) is 13.0 Å². The van der Waals surface area contributed by atoms with Crippen molar-refractivity contribution in [2.75, 3.05) is 7.05 Å². The van der Waals surface area contributed by atoms with Crippen LogP contribution in [0.5, 0.6) is 0 Å². The average molecular weight is 183 g/mol. The van der Waals surface area contributed by atoms with Crippen molar-refractivity contribution in [3.63, 3.8) is 0 Å². The third kappa shape index (κ3) is 2.45. The van der Waals surface area contributed by atoms with Crippen LogP contribution in [0.3, 0.4) is 0 Å². The summed E-state index contributed by atoms with van der Waals surface area (Å²) >= 11 is 0. The molecule has 2 nitrogen and oxygen atoms in total. The number of nitrogens with one attached hydrogen (secondary N) is 1. The molecular weight excluding hydrogens is 162 g/mol. The van der Waals surface area contributed by atoms with Gasteiger partial charge in [-0.3, -0.25) is 4.79 Å². The maximum atomic E-state index is 11.2. The zero-order chi connectivity index (χ0) is 10.1. The summed E-state index contributed by atoms with van der Waals surface area (Å²) in [6.45, 7) is 6.76. The van der Waals surface area contributed by atoms with E-state index >= 15 is 0 Å². The van der Waals surface area contributed by atoms with Crippen molar-refractivity contribution in [2.24, 2.45) is 17.3 Å².